The van der Waals surface area contributed by atoms with Gasteiger partial charge in [0, 0.05) is 75.4 Å². The third-order valence-corrected chi connectivity index (χ3v) is 11.7. The number of hydrogen-bond acceptors (Lipinski definition) is 8. The summed E-state index contributed by atoms with van der Waals surface area (Å²) >= 11 is 6.40. The predicted molar refractivity (Wildman–Crippen MR) is 205 cm³/mol. The van der Waals surface area contributed by atoms with Gasteiger partial charge in [-0.2, -0.15) is 0 Å². The standard InChI is InChI=1S/C39H43ClF2N8O2Si/c1-25(51)49-13-6-8-28(22-49)38-45-33(20-36(47-38)43-32-11-5-10-30(41)18-32)12-15-53(3,4)24-27-16-31(42)19-34(17-27)44-37-21-35(40)46-39(48-37)29-9-7-14-50(23-29)26(2)52/h5,10-11,16-21,28-29H,6-9,13-14,22-24H2,1-4H3,(H,43,45,47)(H,44,46,48). The SMILES string of the molecule is CC(=O)N1CCCC(c2nc(Cl)cc(Nc3cc(F)cc(C[Si](C)(C)C#Cc4cc(Nc5cccc(F)c5)nc(C5CCCN(C(C)=O)C5)n4)c3)n2)C1. The van der Waals surface area contributed by atoms with E-state index in [0.717, 1.165) is 31.2 Å². The van der Waals surface area contributed by atoms with Crippen LogP contribution in [0.1, 0.15) is 74.3 Å². The number of nitrogens with zero attached hydrogens (tertiary/aromatic N) is 6. The number of anilines is 4. The number of piperidine rings is 2. The first-order valence-electron chi connectivity index (χ1n) is 17.9. The zero-order chi connectivity index (χ0) is 37.7. The molecule has 2 amide bonds. The van der Waals surface area contributed by atoms with Crippen LogP contribution in [0.3, 0.4) is 0 Å². The van der Waals surface area contributed by atoms with Crippen LogP contribution in [0, 0.1) is 23.1 Å². The van der Waals surface area contributed by atoms with Crippen molar-refractivity contribution in [2.75, 3.05) is 36.8 Å². The number of amides is 2. The molecule has 6 rings (SSSR count). The lowest BCUT2D eigenvalue weighted by Gasteiger charge is -2.31. The number of nitrogens with one attached hydrogen (secondary N) is 2. The Morgan fingerprint density at radius 3 is 2.06 bits per heavy atom. The summed E-state index contributed by atoms with van der Waals surface area (Å²) in [7, 11) is -2.32. The molecule has 2 aromatic heterocycles. The predicted octanol–water partition coefficient (Wildman–Crippen LogP) is 7.52. The van der Waals surface area contributed by atoms with Crippen LogP contribution in [-0.2, 0) is 15.6 Å². The van der Waals surface area contributed by atoms with Crippen molar-refractivity contribution in [2.45, 2.75) is 70.5 Å². The lowest BCUT2D eigenvalue weighted by Crippen LogP contribution is -2.38. The van der Waals surface area contributed by atoms with Crippen molar-refractivity contribution in [3.8, 4) is 11.5 Å². The zero-order valence-corrected chi connectivity index (χ0v) is 32.1. The highest BCUT2D eigenvalue weighted by Crippen LogP contribution is 2.30. The first-order chi connectivity index (χ1) is 25.3. The largest absolute Gasteiger partial charge is 0.342 e. The normalized spacial score (nSPS) is 17.5. The molecule has 0 aliphatic carbocycles. The molecule has 2 fully saturated rings. The summed E-state index contributed by atoms with van der Waals surface area (Å²) in [5, 5.41) is 6.67. The molecule has 4 aromatic rings. The smallest absolute Gasteiger partial charge is 0.219 e. The summed E-state index contributed by atoms with van der Waals surface area (Å²) in [6.07, 6.45) is 3.36. The minimum atomic E-state index is -2.32. The number of benzene rings is 2. The number of carbonyl (C=O) groups is 2. The van der Waals surface area contributed by atoms with Gasteiger partial charge in [-0.15, -0.1) is 5.54 Å². The van der Waals surface area contributed by atoms with Crippen molar-refractivity contribution in [1.29, 1.82) is 0 Å². The van der Waals surface area contributed by atoms with Gasteiger partial charge in [-0.1, -0.05) is 36.7 Å². The van der Waals surface area contributed by atoms with Gasteiger partial charge in [-0.25, -0.2) is 28.7 Å². The third kappa shape index (κ3) is 10.4. The van der Waals surface area contributed by atoms with E-state index in [0.29, 0.717) is 72.6 Å². The molecule has 2 aliphatic heterocycles. The topological polar surface area (TPSA) is 116 Å². The number of halogens is 3. The van der Waals surface area contributed by atoms with Crippen LogP contribution in [0.5, 0.6) is 0 Å². The molecule has 0 spiro atoms. The molecule has 2 aromatic carbocycles. The van der Waals surface area contributed by atoms with Gasteiger partial charge in [0.1, 0.15) is 53.8 Å². The number of likely N-dealkylation sites (tertiary alicyclic amines) is 2. The van der Waals surface area contributed by atoms with Crippen molar-refractivity contribution >= 4 is 54.5 Å². The highest BCUT2D eigenvalue weighted by Gasteiger charge is 2.27. The minimum Gasteiger partial charge on any atom is -0.342 e. The highest BCUT2D eigenvalue weighted by atomic mass is 35.5. The van der Waals surface area contributed by atoms with Crippen LogP contribution >= 0.6 is 11.6 Å². The Morgan fingerprint density at radius 2 is 1.42 bits per heavy atom. The molecule has 0 bridgehead atoms. The molecule has 2 aliphatic rings. The Bertz CT molecular complexity index is 2070. The van der Waals surface area contributed by atoms with Gasteiger partial charge in [-0.3, -0.25) is 9.59 Å². The molecule has 2 unspecified atom stereocenters. The van der Waals surface area contributed by atoms with Crippen molar-refractivity contribution in [1.82, 2.24) is 29.7 Å². The van der Waals surface area contributed by atoms with Gasteiger partial charge in [0.15, 0.2) is 0 Å². The monoisotopic (exact) mass is 756 g/mol. The van der Waals surface area contributed by atoms with E-state index in [1.54, 1.807) is 43.0 Å². The van der Waals surface area contributed by atoms with Crippen LogP contribution < -0.4 is 10.6 Å². The second-order valence-corrected chi connectivity index (χ2v) is 19.2. The van der Waals surface area contributed by atoms with Gasteiger partial charge in [0.25, 0.3) is 0 Å². The fourth-order valence-corrected chi connectivity index (χ4v) is 8.85. The fraction of sp³-hybridized carbons (Fsp3) is 0.385. The maximum atomic E-state index is 15.0. The first-order valence-corrected chi connectivity index (χ1v) is 21.4. The molecule has 0 radical (unpaired) electrons. The molecule has 0 saturated carbocycles. The summed E-state index contributed by atoms with van der Waals surface area (Å²) in [5.74, 6) is 4.49. The molecule has 2 N–H and O–H groups in total. The molecule has 2 atom stereocenters. The molecule has 4 heterocycles. The number of carbonyl (C=O) groups excluding carboxylic acids is 2. The van der Waals surface area contributed by atoms with Crippen molar-refractivity contribution in [3.05, 3.63) is 94.3 Å². The summed E-state index contributed by atoms with van der Waals surface area (Å²) in [5.41, 5.74) is 5.83. The average molecular weight is 757 g/mol. The Kier molecular flexibility index (Phi) is 11.7. The maximum absolute atomic E-state index is 15.0. The van der Waals surface area contributed by atoms with Crippen molar-refractivity contribution < 1.29 is 18.4 Å². The second-order valence-electron chi connectivity index (χ2n) is 14.5. The zero-order valence-electron chi connectivity index (χ0n) is 30.3. The lowest BCUT2D eigenvalue weighted by molar-refractivity contribution is -0.130. The Balaban J connectivity index is 1.22. The third-order valence-electron chi connectivity index (χ3n) is 9.42. The summed E-state index contributed by atoms with van der Waals surface area (Å²) in [6, 6.07) is 14.9. The quantitative estimate of drug-likeness (QED) is 0.108. The Labute approximate surface area is 314 Å². The van der Waals surface area contributed by atoms with E-state index in [9.17, 15) is 14.0 Å². The molecular weight excluding hydrogens is 714 g/mol. The summed E-state index contributed by atoms with van der Waals surface area (Å²) in [6.45, 7) is 9.81. The highest BCUT2D eigenvalue weighted by molar-refractivity contribution is 6.84. The fourth-order valence-electron chi connectivity index (χ4n) is 6.88. The number of rotatable bonds is 8. The van der Waals surface area contributed by atoms with Crippen LogP contribution in [0.2, 0.25) is 18.2 Å². The first kappa shape index (κ1) is 37.8. The van der Waals surface area contributed by atoms with Gasteiger partial charge in [0.2, 0.25) is 11.8 Å². The average Bonchev–Trinajstić information content (AvgIpc) is 3.10. The lowest BCUT2D eigenvalue weighted by atomic mass is 9.97. The molecule has 2 saturated heterocycles. The number of aromatic nitrogens is 4. The van der Waals surface area contributed by atoms with E-state index in [2.05, 4.69) is 40.2 Å². The number of hydrogen-bond donors (Lipinski definition) is 2. The van der Waals surface area contributed by atoms with Crippen molar-refractivity contribution in [2.24, 2.45) is 0 Å². The van der Waals surface area contributed by atoms with E-state index in [1.165, 1.54) is 24.3 Å². The van der Waals surface area contributed by atoms with Gasteiger partial charge < -0.3 is 20.4 Å². The summed E-state index contributed by atoms with van der Waals surface area (Å²) < 4.78 is 29.0. The van der Waals surface area contributed by atoms with Crippen LogP contribution in [0.15, 0.2) is 54.6 Å². The van der Waals surface area contributed by atoms with Crippen LogP contribution in [0.25, 0.3) is 0 Å². The second kappa shape index (κ2) is 16.4. The van der Waals surface area contributed by atoms with E-state index < -0.39 is 13.9 Å². The van der Waals surface area contributed by atoms with Crippen molar-refractivity contribution in [3.63, 3.8) is 0 Å². The molecule has 14 heteroatoms. The van der Waals surface area contributed by atoms with Gasteiger partial charge in [-0.05, 0) is 73.7 Å². The Hall–Kier alpha value is -4.93. The van der Waals surface area contributed by atoms with E-state index in [-0.39, 0.29) is 34.6 Å². The van der Waals surface area contributed by atoms with E-state index in [4.69, 9.17) is 26.6 Å². The van der Waals surface area contributed by atoms with Gasteiger partial charge in [0.05, 0.1) is 0 Å². The molecule has 10 nitrogen and oxygen atoms in total. The van der Waals surface area contributed by atoms with Crippen LogP contribution in [-0.4, -0.2) is 75.8 Å². The van der Waals surface area contributed by atoms with E-state index >= 15 is 4.39 Å². The molecular formula is C39H43ClF2N8O2Si. The molecule has 276 valence electrons. The minimum absolute atomic E-state index is 0.0134. The molecule has 53 heavy (non-hydrogen) atoms. The van der Waals surface area contributed by atoms with Gasteiger partial charge >= 0.3 is 0 Å². The summed E-state index contributed by atoms with van der Waals surface area (Å²) in [4.78, 5) is 46.5. The van der Waals surface area contributed by atoms with Crippen LogP contribution in [0.4, 0.5) is 31.8 Å². The Morgan fingerprint density at radius 1 is 0.811 bits per heavy atom. The van der Waals surface area contributed by atoms with E-state index in [1.807, 2.05) is 11.0 Å². The maximum Gasteiger partial charge on any atom is 0.219 e.